The number of hydrazone groups is 1. The number of aromatic hydroxyl groups is 1. The van der Waals surface area contributed by atoms with Crippen LogP contribution in [-0.2, 0) is 0 Å². The van der Waals surface area contributed by atoms with E-state index in [2.05, 4.69) is 10.5 Å². The van der Waals surface area contributed by atoms with E-state index in [0.29, 0.717) is 5.56 Å². The van der Waals surface area contributed by atoms with Gasteiger partial charge in [0.05, 0.1) is 16.7 Å². The quantitative estimate of drug-likeness (QED) is 0.413. The van der Waals surface area contributed by atoms with E-state index in [0.717, 1.165) is 10.8 Å². The molecule has 0 aliphatic heterocycles. The summed E-state index contributed by atoms with van der Waals surface area (Å²) in [4.78, 5) is 22.5. The van der Waals surface area contributed by atoms with Gasteiger partial charge in [-0.25, -0.2) is 5.43 Å². The third-order valence-electron chi connectivity index (χ3n) is 3.66. The molecule has 0 saturated carbocycles. The second-order valence-electron chi connectivity index (χ2n) is 5.38. The molecule has 3 rings (SSSR count). The first-order valence-corrected chi connectivity index (χ1v) is 7.82. The minimum Gasteiger partial charge on any atom is -0.507 e. The molecule has 130 valence electrons. The SMILES string of the molecule is O=C(N/N=C\c1ccc(Cl)c([N+](=O)[O-])c1)c1cc2ccccc2cc1O. The average Bonchev–Trinajstić information content (AvgIpc) is 2.62. The molecule has 0 heterocycles. The summed E-state index contributed by atoms with van der Waals surface area (Å²) in [6, 6.07) is 14.5. The molecule has 26 heavy (non-hydrogen) atoms. The normalized spacial score (nSPS) is 11.0. The van der Waals surface area contributed by atoms with E-state index in [1.807, 2.05) is 24.3 Å². The summed E-state index contributed by atoms with van der Waals surface area (Å²) in [5.41, 5.74) is 2.49. The number of amides is 1. The van der Waals surface area contributed by atoms with Crippen molar-refractivity contribution < 1.29 is 14.8 Å². The minimum atomic E-state index is -0.606. The largest absolute Gasteiger partial charge is 0.507 e. The van der Waals surface area contributed by atoms with Gasteiger partial charge in [-0.15, -0.1) is 0 Å². The van der Waals surface area contributed by atoms with Gasteiger partial charge in [0.25, 0.3) is 11.6 Å². The van der Waals surface area contributed by atoms with Crippen molar-refractivity contribution in [1.82, 2.24) is 5.43 Å². The fourth-order valence-corrected chi connectivity index (χ4v) is 2.57. The predicted octanol–water partition coefficient (Wildman–Crippen LogP) is 3.87. The number of nitro benzene ring substituents is 1. The van der Waals surface area contributed by atoms with Crippen molar-refractivity contribution in [2.24, 2.45) is 5.10 Å². The maximum atomic E-state index is 12.2. The molecule has 7 nitrogen and oxygen atoms in total. The van der Waals surface area contributed by atoms with Crippen LogP contribution in [0, 0.1) is 10.1 Å². The fourth-order valence-electron chi connectivity index (χ4n) is 2.39. The maximum Gasteiger partial charge on any atom is 0.288 e. The first kappa shape index (κ1) is 17.4. The Kier molecular flexibility index (Phi) is 4.81. The molecule has 0 atom stereocenters. The number of hydrogen-bond acceptors (Lipinski definition) is 5. The van der Waals surface area contributed by atoms with Crippen LogP contribution in [0.2, 0.25) is 5.02 Å². The summed E-state index contributed by atoms with van der Waals surface area (Å²) >= 11 is 5.74. The van der Waals surface area contributed by atoms with Gasteiger partial charge in [0.1, 0.15) is 10.8 Å². The summed E-state index contributed by atoms with van der Waals surface area (Å²) < 4.78 is 0. The van der Waals surface area contributed by atoms with E-state index in [4.69, 9.17) is 11.6 Å². The van der Waals surface area contributed by atoms with Crippen LogP contribution in [-0.4, -0.2) is 22.2 Å². The summed E-state index contributed by atoms with van der Waals surface area (Å²) in [7, 11) is 0. The van der Waals surface area contributed by atoms with Crippen molar-refractivity contribution in [1.29, 1.82) is 0 Å². The molecule has 3 aromatic rings. The summed E-state index contributed by atoms with van der Waals surface area (Å²) in [5, 5.41) is 26.3. The lowest BCUT2D eigenvalue weighted by Gasteiger charge is -2.05. The van der Waals surface area contributed by atoms with Crippen LogP contribution < -0.4 is 5.43 Å². The Morgan fingerprint density at radius 2 is 1.85 bits per heavy atom. The number of nitrogens with zero attached hydrogens (tertiary/aromatic N) is 2. The minimum absolute atomic E-state index is 0.0114. The number of nitrogens with one attached hydrogen (secondary N) is 1. The third kappa shape index (κ3) is 3.62. The highest BCUT2D eigenvalue weighted by Crippen LogP contribution is 2.25. The van der Waals surface area contributed by atoms with Gasteiger partial charge >= 0.3 is 0 Å². The lowest BCUT2D eigenvalue weighted by Crippen LogP contribution is -2.17. The van der Waals surface area contributed by atoms with E-state index in [9.17, 15) is 20.0 Å². The summed E-state index contributed by atoms with van der Waals surface area (Å²) in [5.74, 6) is -0.772. The van der Waals surface area contributed by atoms with E-state index in [1.165, 1.54) is 30.5 Å². The molecule has 0 aliphatic carbocycles. The number of phenolic OH excluding ortho intramolecular Hbond substituents is 1. The number of phenols is 1. The molecule has 0 spiro atoms. The first-order chi connectivity index (χ1) is 12.5. The molecule has 0 radical (unpaired) electrons. The number of halogens is 1. The zero-order valence-electron chi connectivity index (χ0n) is 13.2. The average molecular weight is 370 g/mol. The van der Waals surface area contributed by atoms with Crippen molar-refractivity contribution in [2.75, 3.05) is 0 Å². The van der Waals surface area contributed by atoms with Gasteiger partial charge in [-0.1, -0.05) is 41.9 Å². The highest BCUT2D eigenvalue weighted by molar-refractivity contribution is 6.32. The van der Waals surface area contributed by atoms with Crippen LogP contribution in [0.1, 0.15) is 15.9 Å². The van der Waals surface area contributed by atoms with Gasteiger partial charge in [-0.3, -0.25) is 14.9 Å². The van der Waals surface area contributed by atoms with Crippen LogP contribution in [0.3, 0.4) is 0 Å². The zero-order chi connectivity index (χ0) is 18.7. The Bertz CT molecular complexity index is 1050. The Morgan fingerprint density at radius 3 is 2.54 bits per heavy atom. The maximum absolute atomic E-state index is 12.2. The van der Waals surface area contributed by atoms with Crippen LogP contribution >= 0.6 is 11.6 Å². The topological polar surface area (TPSA) is 105 Å². The molecule has 3 aromatic carbocycles. The monoisotopic (exact) mass is 369 g/mol. The standard InChI is InChI=1S/C18H12ClN3O4/c19-15-6-5-11(7-16(15)22(25)26)10-20-21-18(24)14-8-12-3-1-2-4-13(12)9-17(14)23/h1-10,23H,(H,21,24)/b20-10-. The Morgan fingerprint density at radius 1 is 1.15 bits per heavy atom. The summed E-state index contributed by atoms with van der Waals surface area (Å²) in [6.45, 7) is 0. The number of rotatable bonds is 4. The van der Waals surface area contributed by atoms with Crippen molar-refractivity contribution in [3.8, 4) is 5.75 Å². The number of carbonyl (C=O) groups is 1. The van der Waals surface area contributed by atoms with Gasteiger partial charge in [0.15, 0.2) is 0 Å². The lowest BCUT2D eigenvalue weighted by atomic mass is 10.1. The van der Waals surface area contributed by atoms with E-state index < -0.39 is 10.8 Å². The molecule has 0 bridgehead atoms. The Hall–Kier alpha value is -3.45. The first-order valence-electron chi connectivity index (χ1n) is 7.45. The Balaban J connectivity index is 1.79. The smallest absolute Gasteiger partial charge is 0.288 e. The van der Waals surface area contributed by atoms with Gasteiger partial charge < -0.3 is 5.11 Å². The highest BCUT2D eigenvalue weighted by atomic mass is 35.5. The lowest BCUT2D eigenvalue weighted by molar-refractivity contribution is -0.384. The zero-order valence-corrected chi connectivity index (χ0v) is 14.0. The predicted molar refractivity (Wildman–Crippen MR) is 98.8 cm³/mol. The number of carbonyl (C=O) groups excluding carboxylic acids is 1. The molecule has 0 fully saturated rings. The fraction of sp³-hybridized carbons (Fsp3) is 0. The molecular weight excluding hydrogens is 358 g/mol. The van der Waals surface area contributed by atoms with Gasteiger partial charge in [-0.2, -0.15) is 5.10 Å². The third-order valence-corrected chi connectivity index (χ3v) is 3.97. The van der Waals surface area contributed by atoms with E-state index in [-0.39, 0.29) is 22.0 Å². The van der Waals surface area contributed by atoms with Gasteiger partial charge in [0.2, 0.25) is 0 Å². The summed E-state index contributed by atoms with van der Waals surface area (Å²) in [6.07, 6.45) is 1.25. The van der Waals surface area contributed by atoms with Crippen molar-refractivity contribution >= 4 is 40.2 Å². The second-order valence-corrected chi connectivity index (χ2v) is 5.79. The van der Waals surface area contributed by atoms with Crippen molar-refractivity contribution in [3.05, 3.63) is 80.9 Å². The molecule has 0 aromatic heterocycles. The molecule has 0 unspecified atom stereocenters. The van der Waals surface area contributed by atoms with Gasteiger partial charge in [0, 0.05) is 11.6 Å². The molecular formula is C18H12ClN3O4. The molecule has 0 aliphatic rings. The van der Waals surface area contributed by atoms with E-state index in [1.54, 1.807) is 6.07 Å². The van der Waals surface area contributed by atoms with Crippen molar-refractivity contribution in [2.45, 2.75) is 0 Å². The molecule has 8 heteroatoms. The molecule has 2 N–H and O–H groups in total. The van der Waals surface area contributed by atoms with Crippen LogP contribution in [0.4, 0.5) is 5.69 Å². The second kappa shape index (κ2) is 7.20. The van der Waals surface area contributed by atoms with E-state index >= 15 is 0 Å². The molecule has 0 saturated heterocycles. The van der Waals surface area contributed by atoms with Gasteiger partial charge in [-0.05, 0) is 29.0 Å². The highest BCUT2D eigenvalue weighted by Gasteiger charge is 2.13. The van der Waals surface area contributed by atoms with Crippen LogP contribution in [0.25, 0.3) is 10.8 Å². The Labute approximate surface area is 152 Å². The van der Waals surface area contributed by atoms with Crippen LogP contribution in [0.15, 0.2) is 59.7 Å². The number of nitro groups is 1. The number of hydrogen-bond donors (Lipinski definition) is 2. The number of benzene rings is 3. The number of fused-ring (bicyclic) bond motifs is 1. The van der Waals surface area contributed by atoms with Crippen LogP contribution in [0.5, 0.6) is 5.75 Å². The van der Waals surface area contributed by atoms with Crippen molar-refractivity contribution in [3.63, 3.8) is 0 Å². The molecule has 1 amide bonds.